The molecule has 4 rings (SSSR count). The van der Waals surface area contributed by atoms with Crippen molar-refractivity contribution in [2.75, 3.05) is 31.6 Å². The smallest absolute Gasteiger partial charge is 0.313 e. The van der Waals surface area contributed by atoms with Crippen molar-refractivity contribution in [3.05, 3.63) is 82.9 Å². The topological polar surface area (TPSA) is 97.8 Å². The molecule has 1 atom stereocenters. The molecule has 1 fully saturated rings. The molecule has 1 saturated heterocycles. The Labute approximate surface area is 195 Å². The first-order valence-corrected chi connectivity index (χ1v) is 11.4. The molecule has 170 valence electrons. The summed E-state index contributed by atoms with van der Waals surface area (Å²) in [6.45, 7) is 1.82. The third-order valence-corrected chi connectivity index (χ3v) is 5.84. The summed E-state index contributed by atoms with van der Waals surface area (Å²) in [4.78, 5) is 44.0. The normalized spacial score (nSPS) is 14.4. The van der Waals surface area contributed by atoms with Crippen LogP contribution < -0.4 is 5.32 Å². The molecule has 2 amide bonds. The molecular formula is C24H23N3O5S. The number of hydrogen-bond donors (Lipinski definition) is 1. The second-order valence-corrected chi connectivity index (χ2v) is 8.22. The van der Waals surface area contributed by atoms with Crippen LogP contribution in [0.2, 0.25) is 0 Å². The maximum absolute atomic E-state index is 13.1. The number of esters is 1. The summed E-state index contributed by atoms with van der Waals surface area (Å²) in [6, 6.07) is 17.7. The van der Waals surface area contributed by atoms with Crippen molar-refractivity contribution in [1.82, 2.24) is 9.88 Å². The third kappa shape index (κ3) is 6.03. The molecule has 2 aromatic carbocycles. The lowest BCUT2D eigenvalue weighted by Gasteiger charge is -2.30. The average Bonchev–Trinajstić information content (AvgIpc) is 3.30. The van der Waals surface area contributed by atoms with Crippen LogP contribution >= 0.6 is 11.3 Å². The van der Waals surface area contributed by atoms with Crippen LogP contribution in [0.25, 0.3) is 0 Å². The van der Waals surface area contributed by atoms with Gasteiger partial charge in [-0.3, -0.25) is 19.7 Å². The molecule has 1 aliphatic heterocycles. The van der Waals surface area contributed by atoms with E-state index >= 15 is 0 Å². The van der Waals surface area contributed by atoms with Gasteiger partial charge in [0, 0.05) is 29.6 Å². The maximum Gasteiger partial charge on any atom is 0.313 e. The van der Waals surface area contributed by atoms with Gasteiger partial charge in [0.1, 0.15) is 0 Å². The molecular weight excluding hydrogens is 442 g/mol. The Morgan fingerprint density at radius 3 is 2.39 bits per heavy atom. The molecule has 1 aromatic heterocycles. The van der Waals surface area contributed by atoms with Crippen LogP contribution in [0.4, 0.5) is 5.13 Å². The van der Waals surface area contributed by atoms with Crippen LogP contribution in [0.5, 0.6) is 0 Å². The van der Waals surface area contributed by atoms with Crippen molar-refractivity contribution < 1.29 is 23.9 Å². The van der Waals surface area contributed by atoms with Gasteiger partial charge in [-0.25, -0.2) is 4.98 Å². The monoisotopic (exact) mass is 465 g/mol. The van der Waals surface area contributed by atoms with Gasteiger partial charge in [-0.05, 0) is 12.1 Å². The standard InChI is InChI=1S/C24H23N3O5S/c28-20(15-19-16-33-24(25-19)26-22(29)18-9-5-2-6-10-18)32-21(17-7-3-1-4-8-17)23(30)27-11-13-31-14-12-27/h1-10,16,21H,11-15H2,(H,25,26,29)/t21-/m0/s1. The van der Waals surface area contributed by atoms with Crippen molar-refractivity contribution in [1.29, 1.82) is 0 Å². The fraction of sp³-hybridized carbons (Fsp3) is 0.250. The lowest BCUT2D eigenvalue weighted by Crippen LogP contribution is -2.44. The molecule has 0 saturated carbocycles. The van der Waals surface area contributed by atoms with Gasteiger partial charge in [-0.15, -0.1) is 11.3 Å². The second kappa shape index (κ2) is 10.8. The predicted octanol–water partition coefficient (Wildman–Crippen LogP) is 3.08. The number of carbonyl (C=O) groups is 3. The van der Waals surface area contributed by atoms with E-state index in [1.807, 2.05) is 12.1 Å². The number of morpholine rings is 1. The number of amides is 2. The summed E-state index contributed by atoms with van der Waals surface area (Å²) in [5, 5.41) is 4.79. The molecule has 1 aliphatic rings. The number of anilines is 1. The van der Waals surface area contributed by atoms with Gasteiger partial charge in [0.05, 0.1) is 25.3 Å². The molecule has 9 heteroatoms. The highest BCUT2D eigenvalue weighted by atomic mass is 32.1. The summed E-state index contributed by atoms with van der Waals surface area (Å²) in [5.41, 5.74) is 1.58. The van der Waals surface area contributed by atoms with Gasteiger partial charge >= 0.3 is 5.97 Å². The van der Waals surface area contributed by atoms with Gasteiger partial charge < -0.3 is 14.4 Å². The average molecular weight is 466 g/mol. The Balaban J connectivity index is 1.40. The number of ether oxygens (including phenoxy) is 2. The van der Waals surface area contributed by atoms with Crippen LogP contribution in [0.3, 0.4) is 0 Å². The number of nitrogens with zero attached hydrogens (tertiary/aromatic N) is 2. The molecule has 2 heterocycles. The van der Waals surface area contributed by atoms with Crippen LogP contribution in [0.15, 0.2) is 66.0 Å². The van der Waals surface area contributed by atoms with Crippen molar-refractivity contribution in [2.45, 2.75) is 12.5 Å². The summed E-state index contributed by atoms with van der Waals surface area (Å²) in [6.07, 6.45) is -1.15. The molecule has 0 spiro atoms. The number of carbonyl (C=O) groups excluding carboxylic acids is 3. The minimum atomic E-state index is -1.03. The second-order valence-electron chi connectivity index (χ2n) is 7.36. The van der Waals surface area contributed by atoms with Gasteiger partial charge in [-0.2, -0.15) is 0 Å². The minimum Gasteiger partial charge on any atom is -0.447 e. The van der Waals surface area contributed by atoms with Crippen molar-refractivity contribution in [3.63, 3.8) is 0 Å². The van der Waals surface area contributed by atoms with Gasteiger partial charge in [-0.1, -0.05) is 48.5 Å². The molecule has 0 unspecified atom stereocenters. The minimum absolute atomic E-state index is 0.114. The first-order chi connectivity index (χ1) is 16.1. The summed E-state index contributed by atoms with van der Waals surface area (Å²) in [5.74, 6) is -1.12. The molecule has 33 heavy (non-hydrogen) atoms. The van der Waals surface area contributed by atoms with E-state index in [4.69, 9.17) is 9.47 Å². The van der Waals surface area contributed by atoms with Crippen LogP contribution in [-0.4, -0.2) is 54.0 Å². The molecule has 0 bridgehead atoms. The number of aromatic nitrogens is 1. The quantitative estimate of drug-likeness (QED) is 0.539. The fourth-order valence-corrected chi connectivity index (χ4v) is 4.07. The lowest BCUT2D eigenvalue weighted by atomic mass is 10.1. The van der Waals surface area contributed by atoms with E-state index in [0.29, 0.717) is 48.3 Å². The number of rotatable bonds is 7. The van der Waals surface area contributed by atoms with E-state index in [1.54, 1.807) is 58.8 Å². The molecule has 0 radical (unpaired) electrons. The molecule has 0 aliphatic carbocycles. The zero-order valence-electron chi connectivity index (χ0n) is 17.8. The molecule has 3 aromatic rings. The van der Waals surface area contributed by atoms with Crippen LogP contribution in [-0.2, 0) is 25.5 Å². The lowest BCUT2D eigenvalue weighted by molar-refractivity contribution is -0.162. The molecule has 8 nitrogen and oxygen atoms in total. The SMILES string of the molecule is O=C(Cc1csc(NC(=O)c2ccccc2)n1)O[C@H](C(=O)N1CCOCC1)c1ccccc1. The number of thiazole rings is 1. The highest BCUT2D eigenvalue weighted by Gasteiger charge is 2.30. The van der Waals surface area contributed by atoms with E-state index < -0.39 is 12.1 Å². The molecule has 1 N–H and O–H groups in total. The van der Waals surface area contributed by atoms with Gasteiger partial charge in [0.25, 0.3) is 11.8 Å². The maximum atomic E-state index is 13.1. The summed E-state index contributed by atoms with van der Waals surface area (Å²) >= 11 is 1.22. The van der Waals surface area contributed by atoms with E-state index in [2.05, 4.69) is 10.3 Å². The Bertz CT molecular complexity index is 1100. The Morgan fingerprint density at radius 2 is 1.70 bits per heavy atom. The third-order valence-electron chi connectivity index (χ3n) is 5.03. The van der Waals surface area contributed by atoms with Gasteiger partial charge in [0.15, 0.2) is 5.13 Å². The predicted molar refractivity (Wildman–Crippen MR) is 123 cm³/mol. The first kappa shape index (κ1) is 22.6. The zero-order chi connectivity index (χ0) is 23.0. The highest BCUT2D eigenvalue weighted by molar-refractivity contribution is 7.14. The summed E-state index contributed by atoms with van der Waals surface area (Å²) in [7, 11) is 0. The summed E-state index contributed by atoms with van der Waals surface area (Å²) < 4.78 is 10.9. The van der Waals surface area contributed by atoms with Gasteiger partial charge in [0.2, 0.25) is 6.10 Å². The van der Waals surface area contributed by atoms with Crippen LogP contribution in [0, 0.1) is 0 Å². The van der Waals surface area contributed by atoms with E-state index in [0.717, 1.165) is 0 Å². The zero-order valence-corrected chi connectivity index (χ0v) is 18.6. The Morgan fingerprint density at radius 1 is 1.03 bits per heavy atom. The Kier molecular flexibility index (Phi) is 7.43. The van der Waals surface area contributed by atoms with E-state index in [1.165, 1.54) is 11.3 Å². The van der Waals surface area contributed by atoms with Crippen LogP contribution in [0.1, 0.15) is 27.7 Å². The highest BCUT2D eigenvalue weighted by Crippen LogP contribution is 2.23. The number of hydrogen-bond acceptors (Lipinski definition) is 7. The van der Waals surface area contributed by atoms with Crippen molar-refractivity contribution in [2.24, 2.45) is 0 Å². The number of benzene rings is 2. The largest absolute Gasteiger partial charge is 0.447 e. The van der Waals surface area contributed by atoms with E-state index in [9.17, 15) is 14.4 Å². The van der Waals surface area contributed by atoms with Crippen molar-refractivity contribution >= 4 is 34.3 Å². The van der Waals surface area contributed by atoms with E-state index in [-0.39, 0.29) is 18.2 Å². The fourth-order valence-electron chi connectivity index (χ4n) is 3.36. The van der Waals surface area contributed by atoms with Crippen molar-refractivity contribution in [3.8, 4) is 0 Å². The number of nitrogens with one attached hydrogen (secondary N) is 1. The Hall–Kier alpha value is -3.56. The first-order valence-electron chi connectivity index (χ1n) is 10.5.